The highest BCUT2D eigenvalue weighted by Crippen LogP contribution is 2.27. The lowest BCUT2D eigenvalue weighted by molar-refractivity contribution is 1.05. The van der Waals surface area contributed by atoms with Crippen LogP contribution >= 0.6 is 27.3 Å². The minimum Gasteiger partial charge on any atom is -0.369 e. The molecule has 0 saturated heterocycles. The molecular weight excluding hydrogens is 300 g/mol. The molecule has 0 saturated carbocycles. The Balaban J connectivity index is 2.48. The third-order valence-corrected chi connectivity index (χ3v) is 3.93. The summed E-state index contributed by atoms with van der Waals surface area (Å²) in [6, 6.07) is 0. The molecule has 0 spiro atoms. The van der Waals surface area contributed by atoms with Crippen LogP contribution in [0.3, 0.4) is 0 Å². The number of halogens is 1. The smallest absolute Gasteiger partial charge is 0.181 e. The average molecular weight is 313 g/mol. The number of anilines is 1. The van der Waals surface area contributed by atoms with Crippen molar-refractivity contribution in [1.29, 1.82) is 0 Å². The van der Waals surface area contributed by atoms with Crippen molar-refractivity contribution in [1.82, 2.24) is 15.0 Å². The minimum absolute atomic E-state index is 0.672. The van der Waals surface area contributed by atoms with Crippen LogP contribution < -0.4 is 5.32 Å². The SMILES string of the molecule is CCNc1nc(-c2csc(C)n2)nc(C)c1Br. The molecule has 0 aliphatic rings. The molecule has 0 amide bonds. The van der Waals surface area contributed by atoms with Crippen molar-refractivity contribution in [3.05, 3.63) is 20.6 Å². The van der Waals surface area contributed by atoms with E-state index in [9.17, 15) is 0 Å². The van der Waals surface area contributed by atoms with Crippen LogP contribution in [0.1, 0.15) is 17.6 Å². The van der Waals surface area contributed by atoms with Crippen LogP contribution in [0.5, 0.6) is 0 Å². The van der Waals surface area contributed by atoms with Gasteiger partial charge in [-0.05, 0) is 36.7 Å². The number of aromatic nitrogens is 3. The van der Waals surface area contributed by atoms with E-state index in [-0.39, 0.29) is 0 Å². The molecule has 2 aromatic heterocycles. The first-order chi connectivity index (χ1) is 8.11. The minimum atomic E-state index is 0.672. The van der Waals surface area contributed by atoms with Crippen LogP contribution in [0.2, 0.25) is 0 Å². The highest BCUT2D eigenvalue weighted by atomic mass is 79.9. The molecule has 0 bridgehead atoms. The van der Waals surface area contributed by atoms with E-state index in [0.29, 0.717) is 5.82 Å². The second-order valence-corrected chi connectivity index (χ2v) is 5.43. The number of nitrogens with zero attached hydrogens (tertiary/aromatic N) is 3. The summed E-state index contributed by atoms with van der Waals surface area (Å²) in [7, 11) is 0. The van der Waals surface area contributed by atoms with Crippen LogP contribution in [0.4, 0.5) is 5.82 Å². The number of thiazole rings is 1. The summed E-state index contributed by atoms with van der Waals surface area (Å²) in [6.45, 7) is 6.79. The summed E-state index contributed by atoms with van der Waals surface area (Å²) < 4.78 is 0.912. The van der Waals surface area contributed by atoms with Gasteiger partial charge in [-0.3, -0.25) is 0 Å². The van der Waals surface area contributed by atoms with Crippen LogP contribution in [-0.4, -0.2) is 21.5 Å². The lowest BCUT2D eigenvalue weighted by atomic mass is 10.3. The van der Waals surface area contributed by atoms with Gasteiger partial charge in [0, 0.05) is 11.9 Å². The monoisotopic (exact) mass is 312 g/mol. The summed E-state index contributed by atoms with van der Waals surface area (Å²) in [4.78, 5) is 13.3. The number of hydrogen-bond acceptors (Lipinski definition) is 5. The van der Waals surface area contributed by atoms with Crippen LogP contribution in [0.15, 0.2) is 9.85 Å². The number of hydrogen-bond donors (Lipinski definition) is 1. The Bertz CT molecular complexity index is 538. The predicted molar refractivity (Wildman–Crippen MR) is 74.5 cm³/mol. The lowest BCUT2D eigenvalue weighted by Crippen LogP contribution is -2.04. The quantitative estimate of drug-likeness (QED) is 0.943. The Morgan fingerprint density at radius 2 is 2.06 bits per heavy atom. The summed E-state index contributed by atoms with van der Waals surface area (Å²) in [5.41, 5.74) is 1.75. The predicted octanol–water partition coefficient (Wildman–Crippen LogP) is 3.41. The molecule has 0 aliphatic heterocycles. The molecule has 2 aromatic rings. The zero-order valence-corrected chi connectivity index (χ0v) is 12.3. The van der Waals surface area contributed by atoms with Gasteiger partial charge in [-0.2, -0.15) is 0 Å². The van der Waals surface area contributed by atoms with Crippen molar-refractivity contribution in [3.63, 3.8) is 0 Å². The first-order valence-electron chi connectivity index (χ1n) is 5.32. The maximum atomic E-state index is 4.48. The Morgan fingerprint density at radius 3 is 2.65 bits per heavy atom. The zero-order chi connectivity index (χ0) is 12.4. The molecule has 1 N–H and O–H groups in total. The maximum Gasteiger partial charge on any atom is 0.181 e. The zero-order valence-electron chi connectivity index (χ0n) is 9.91. The molecule has 0 atom stereocenters. The molecule has 0 radical (unpaired) electrons. The van der Waals surface area contributed by atoms with E-state index in [0.717, 1.165) is 33.2 Å². The number of aryl methyl sites for hydroxylation is 2. The molecule has 0 aromatic carbocycles. The Morgan fingerprint density at radius 1 is 1.29 bits per heavy atom. The first kappa shape index (κ1) is 12.4. The fourth-order valence-corrected chi connectivity index (χ4v) is 2.33. The van der Waals surface area contributed by atoms with E-state index in [4.69, 9.17) is 0 Å². The summed E-state index contributed by atoms with van der Waals surface area (Å²) in [5.74, 6) is 1.49. The van der Waals surface area contributed by atoms with Gasteiger partial charge in [-0.1, -0.05) is 0 Å². The van der Waals surface area contributed by atoms with Gasteiger partial charge < -0.3 is 5.32 Å². The molecule has 2 rings (SSSR count). The highest BCUT2D eigenvalue weighted by molar-refractivity contribution is 9.10. The van der Waals surface area contributed by atoms with Crippen molar-refractivity contribution in [2.45, 2.75) is 20.8 Å². The van der Waals surface area contributed by atoms with Crippen molar-refractivity contribution in [2.24, 2.45) is 0 Å². The number of rotatable bonds is 3. The Labute approximate surface area is 113 Å². The van der Waals surface area contributed by atoms with E-state index in [2.05, 4.69) is 36.2 Å². The molecule has 90 valence electrons. The van der Waals surface area contributed by atoms with E-state index < -0.39 is 0 Å². The van der Waals surface area contributed by atoms with Gasteiger partial charge in [-0.25, -0.2) is 15.0 Å². The molecule has 2 heterocycles. The fraction of sp³-hybridized carbons (Fsp3) is 0.364. The molecule has 4 nitrogen and oxygen atoms in total. The van der Waals surface area contributed by atoms with Crippen LogP contribution in [0.25, 0.3) is 11.5 Å². The lowest BCUT2D eigenvalue weighted by Gasteiger charge is -2.08. The van der Waals surface area contributed by atoms with Gasteiger partial charge in [0.1, 0.15) is 11.5 Å². The fourth-order valence-electron chi connectivity index (χ4n) is 1.42. The summed E-state index contributed by atoms with van der Waals surface area (Å²) in [6.07, 6.45) is 0. The van der Waals surface area contributed by atoms with Gasteiger partial charge in [-0.15, -0.1) is 11.3 Å². The van der Waals surface area contributed by atoms with E-state index in [1.54, 1.807) is 11.3 Å². The second kappa shape index (κ2) is 5.10. The largest absolute Gasteiger partial charge is 0.369 e. The molecule has 0 unspecified atom stereocenters. The third kappa shape index (κ3) is 2.63. The molecule has 17 heavy (non-hydrogen) atoms. The Kier molecular flexibility index (Phi) is 3.73. The van der Waals surface area contributed by atoms with Crippen molar-refractivity contribution in [3.8, 4) is 11.5 Å². The second-order valence-electron chi connectivity index (χ2n) is 3.58. The van der Waals surface area contributed by atoms with Crippen molar-refractivity contribution < 1.29 is 0 Å². The molecule has 0 fully saturated rings. The van der Waals surface area contributed by atoms with Crippen LogP contribution in [-0.2, 0) is 0 Å². The molecular formula is C11H13BrN4S. The molecule has 0 aliphatic carbocycles. The van der Waals surface area contributed by atoms with Crippen molar-refractivity contribution >= 4 is 33.1 Å². The highest BCUT2D eigenvalue weighted by Gasteiger charge is 2.12. The van der Waals surface area contributed by atoms with Crippen molar-refractivity contribution in [2.75, 3.05) is 11.9 Å². The van der Waals surface area contributed by atoms with Gasteiger partial charge >= 0.3 is 0 Å². The normalized spacial score (nSPS) is 10.6. The summed E-state index contributed by atoms with van der Waals surface area (Å²) in [5, 5.41) is 6.21. The third-order valence-electron chi connectivity index (χ3n) is 2.21. The van der Waals surface area contributed by atoms with Gasteiger partial charge in [0.15, 0.2) is 5.82 Å². The maximum absolute atomic E-state index is 4.48. The average Bonchev–Trinajstić information content (AvgIpc) is 2.71. The van der Waals surface area contributed by atoms with E-state index >= 15 is 0 Å². The molecule has 6 heteroatoms. The number of nitrogens with one attached hydrogen (secondary N) is 1. The van der Waals surface area contributed by atoms with Gasteiger partial charge in [0.25, 0.3) is 0 Å². The standard InChI is InChI=1S/C11H13BrN4S/c1-4-13-11-9(12)6(2)14-10(16-11)8-5-17-7(3)15-8/h5H,4H2,1-3H3,(H,13,14,16). The topological polar surface area (TPSA) is 50.7 Å². The van der Waals surface area contributed by atoms with Gasteiger partial charge in [0.2, 0.25) is 0 Å². The van der Waals surface area contributed by atoms with E-state index in [1.807, 2.05) is 26.2 Å². The first-order valence-corrected chi connectivity index (χ1v) is 6.99. The van der Waals surface area contributed by atoms with Gasteiger partial charge in [0.05, 0.1) is 15.2 Å². The Hall–Kier alpha value is -1.01. The van der Waals surface area contributed by atoms with Crippen LogP contribution in [0, 0.1) is 13.8 Å². The van der Waals surface area contributed by atoms with E-state index in [1.165, 1.54) is 0 Å². The summed E-state index contributed by atoms with van der Waals surface area (Å²) >= 11 is 5.09.